The summed E-state index contributed by atoms with van der Waals surface area (Å²) >= 11 is 0. The fourth-order valence-corrected chi connectivity index (χ4v) is 1.16. The van der Waals surface area contributed by atoms with Gasteiger partial charge in [-0.3, -0.25) is 4.98 Å². The van der Waals surface area contributed by atoms with Crippen molar-refractivity contribution in [1.82, 2.24) is 9.97 Å². The van der Waals surface area contributed by atoms with Crippen molar-refractivity contribution < 1.29 is 0 Å². The summed E-state index contributed by atoms with van der Waals surface area (Å²) in [6.45, 7) is 4.93. The van der Waals surface area contributed by atoms with Gasteiger partial charge in [0.15, 0.2) is 0 Å². The molecule has 4 heteroatoms. The Hall–Kier alpha value is -1.16. The molecule has 1 heterocycles. The highest BCUT2D eigenvalue weighted by Crippen LogP contribution is 2.11. The van der Waals surface area contributed by atoms with E-state index in [4.69, 9.17) is 5.73 Å². The molecule has 3 N–H and O–H groups in total. The quantitative estimate of drug-likeness (QED) is 0.743. The summed E-state index contributed by atoms with van der Waals surface area (Å²) in [6, 6.07) is 0. The SMILES string of the molecule is CCC(N)(CC)CNc1cnccn1. The van der Waals surface area contributed by atoms with Gasteiger partial charge in [-0.1, -0.05) is 13.8 Å². The highest BCUT2D eigenvalue weighted by Gasteiger charge is 2.19. The molecular formula is C10H18N4. The molecule has 0 atom stereocenters. The summed E-state index contributed by atoms with van der Waals surface area (Å²) in [5, 5.41) is 3.19. The van der Waals surface area contributed by atoms with E-state index in [9.17, 15) is 0 Å². The van der Waals surface area contributed by atoms with Gasteiger partial charge < -0.3 is 11.1 Å². The van der Waals surface area contributed by atoms with Crippen LogP contribution in [0.1, 0.15) is 26.7 Å². The number of nitrogens with two attached hydrogens (primary N) is 1. The molecule has 0 amide bonds. The minimum Gasteiger partial charge on any atom is -0.367 e. The van der Waals surface area contributed by atoms with E-state index >= 15 is 0 Å². The van der Waals surface area contributed by atoms with Crippen LogP contribution < -0.4 is 11.1 Å². The predicted molar refractivity (Wildman–Crippen MR) is 58.0 cm³/mol. The Balaban J connectivity index is 2.48. The van der Waals surface area contributed by atoms with Crippen LogP contribution in [-0.4, -0.2) is 22.1 Å². The number of nitrogens with zero attached hydrogens (tertiary/aromatic N) is 2. The second-order valence-corrected chi connectivity index (χ2v) is 3.51. The zero-order valence-electron chi connectivity index (χ0n) is 8.83. The van der Waals surface area contributed by atoms with Crippen LogP contribution in [0.25, 0.3) is 0 Å². The minimum absolute atomic E-state index is 0.141. The highest BCUT2D eigenvalue weighted by atomic mass is 15.0. The Kier molecular flexibility index (Phi) is 3.83. The van der Waals surface area contributed by atoms with E-state index < -0.39 is 0 Å². The molecule has 14 heavy (non-hydrogen) atoms. The summed E-state index contributed by atoms with van der Waals surface area (Å²) in [5.74, 6) is 0.782. The summed E-state index contributed by atoms with van der Waals surface area (Å²) in [4.78, 5) is 8.09. The average Bonchev–Trinajstić information content (AvgIpc) is 2.27. The van der Waals surface area contributed by atoms with Crippen LogP contribution in [0.3, 0.4) is 0 Å². The molecule has 0 saturated carbocycles. The lowest BCUT2D eigenvalue weighted by Gasteiger charge is -2.26. The Morgan fingerprint density at radius 2 is 2.07 bits per heavy atom. The maximum Gasteiger partial charge on any atom is 0.144 e. The average molecular weight is 194 g/mol. The van der Waals surface area contributed by atoms with Crippen LogP contribution in [0.5, 0.6) is 0 Å². The molecule has 0 aliphatic heterocycles. The number of hydrogen-bond acceptors (Lipinski definition) is 4. The standard InChI is InChI=1S/C10H18N4/c1-3-10(11,4-2)8-14-9-7-12-5-6-13-9/h5-7H,3-4,8,11H2,1-2H3,(H,13,14). The molecule has 0 spiro atoms. The molecule has 0 fully saturated rings. The lowest BCUT2D eigenvalue weighted by atomic mass is 9.94. The third-order valence-corrected chi connectivity index (χ3v) is 2.59. The van der Waals surface area contributed by atoms with Crippen molar-refractivity contribution in [3.8, 4) is 0 Å². The summed E-state index contributed by atoms with van der Waals surface area (Å²) in [7, 11) is 0. The highest BCUT2D eigenvalue weighted by molar-refractivity contribution is 5.30. The van der Waals surface area contributed by atoms with Gasteiger partial charge in [-0.2, -0.15) is 0 Å². The number of nitrogens with one attached hydrogen (secondary N) is 1. The molecule has 0 saturated heterocycles. The molecular weight excluding hydrogens is 176 g/mol. The van der Waals surface area contributed by atoms with E-state index in [2.05, 4.69) is 29.1 Å². The van der Waals surface area contributed by atoms with Gasteiger partial charge in [0.25, 0.3) is 0 Å². The van der Waals surface area contributed by atoms with Gasteiger partial charge >= 0.3 is 0 Å². The summed E-state index contributed by atoms with van der Waals surface area (Å²) in [5.41, 5.74) is 5.99. The largest absolute Gasteiger partial charge is 0.367 e. The van der Waals surface area contributed by atoms with Crippen LogP contribution in [0.15, 0.2) is 18.6 Å². The van der Waals surface area contributed by atoms with E-state index in [0.29, 0.717) is 0 Å². The van der Waals surface area contributed by atoms with Crippen molar-refractivity contribution >= 4 is 5.82 Å². The van der Waals surface area contributed by atoms with Crippen molar-refractivity contribution in [3.63, 3.8) is 0 Å². The van der Waals surface area contributed by atoms with E-state index in [0.717, 1.165) is 25.2 Å². The first-order chi connectivity index (χ1) is 6.70. The second kappa shape index (κ2) is 4.91. The van der Waals surface area contributed by atoms with Crippen LogP contribution in [0.4, 0.5) is 5.82 Å². The van der Waals surface area contributed by atoms with E-state index in [-0.39, 0.29) is 5.54 Å². The van der Waals surface area contributed by atoms with Gasteiger partial charge in [-0.15, -0.1) is 0 Å². The lowest BCUT2D eigenvalue weighted by Crippen LogP contribution is -2.45. The van der Waals surface area contributed by atoms with E-state index in [1.165, 1.54) is 0 Å². The molecule has 0 bridgehead atoms. The summed E-state index contributed by atoms with van der Waals surface area (Å²) in [6.07, 6.45) is 6.93. The minimum atomic E-state index is -0.141. The van der Waals surface area contributed by atoms with Gasteiger partial charge in [0.1, 0.15) is 5.82 Å². The van der Waals surface area contributed by atoms with E-state index in [1.54, 1.807) is 18.6 Å². The van der Waals surface area contributed by atoms with Crippen LogP contribution in [0.2, 0.25) is 0 Å². The Labute approximate surface area is 85.0 Å². The molecule has 0 aromatic carbocycles. The number of aromatic nitrogens is 2. The number of rotatable bonds is 5. The third-order valence-electron chi connectivity index (χ3n) is 2.59. The van der Waals surface area contributed by atoms with Gasteiger partial charge in [0.05, 0.1) is 6.20 Å². The molecule has 0 aliphatic carbocycles. The Morgan fingerprint density at radius 1 is 1.36 bits per heavy atom. The molecule has 0 unspecified atom stereocenters. The first-order valence-corrected chi connectivity index (χ1v) is 4.99. The van der Waals surface area contributed by atoms with Crippen molar-refractivity contribution in [1.29, 1.82) is 0 Å². The zero-order valence-corrected chi connectivity index (χ0v) is 8.83. The smallest absolute Gasteiger partial charge is 0.144 e. The molecule has 4 nitrogen and oxygen atoms in total. The van der Waals surface area contributed by atoms with Gasteiger partial charge in [-0.25, -0.2) is 4.98 Å². The Bertz CT molecular complexity index is 256. The summed E-state index contributed by atoms with van der Waals surface area (Å²) < 4.78 is 0. The predicted octanol–water partition coefficient (Wildman–Crippen LogP) is 1.41. The molecule has 1 aromatic heterocycles. The van der Waals surface area contributed by atoms with Crippen molar-refractivity contribution in [3.05, 3.63) is 18.6 Å². The monoisotopic (exact) mass is 194 g/mol. The van der Waals surface area contributed by atoms with E-state index in [1.807, 2.05) is 0 Å². The molecule has 1 rings (SSSR count). The zero-order chi connectivity index (χ0) is 10.4. The van der Waals surface area contributed by atoms with Crippen molar-refractivity contribution in [2.45, 2.75) is 32.2 Å². The fraction of sp³-hybridized carbons (Fsp3) is 0.600. The molecule has 1 aromatic rings. The van der Waals surface area contributed by atoms with Gasteiger partial charge in [0, 0.05) is 24.5 Å². The maximum absolute atomic E-state index is 6.13. The van der Waals surface area contributed by atoms with Crippen molar-refractivity contribution in [2.24, 2.45) is 5.73 Å². The topological polar surface area (TPSA) is 63.8 Å². The molecule has 78 valence electrons. The maximum atomic E-state index is 6.13. The molecule has 0 radical (unpaired) electrons. The normalized spacial score (nSPS) is 11.4. The van der Waals surface area contributed by atoms with Crippen LogP contribution in [-0.2, 0) is 0 Å². The first-order valence-electron chi connectivity index (χ1n) is 4.99. The van der Waals surface area contributed by atoms with Crippen molar-refractivity contribution in [2.75, 3.05) is 11.9 Å². The fourth-order valence-electron chi connectivity index (χ4n) is 1.16. The molecule has 0 aliphatic rings. The number of hydrogen-bond donors (Lipinski definition) is 2. The first kappa shape index (κ1) is 10.9. The lowest BCUT2D eigenvalue weighted by molar-refractivity contribution is 0.418. The second-order valence-electron chi connectivity index (χ2n) is 3.51. The van der Waals surface area contributed by atoms with Gasteiger partial charge in [-0.05, 0) is 12.8 Å². The Morgan fingerprint density at radius 3 is 2.57 bits per heavy atom. The number of anilines is 1. The van der Waals surface area contributed by atoms with Crippen LogP contribution in [0, 0.1) is 0 Å². The third kappa shape index (κ3) is 2.96. The van der Waals surface area contributed by atoms with Gasteiger partial charge in [0.2, 0.25) is 0 Å². The van der Waals surface area contributed by atoms with Crippen LogP contribution >= 0.6 is 0 Å².